The van der Waals surface area contributed by atoms with E-state index >= 15 is 0 Å². The van der Waals surface area contributed by atoms with Crippen molar-refractivity contribution in [2.75, 3.05) is 11.9 Å². The van der Waals surface area contributed by atoms with Crippen LogP contribution in [0.3, 0.4) is 0 Å². The molecule has 1 heterocycles. The van der Waals surface area contributed by atoms with E-state index in [0.717, 1.165) is 4.88 Å². The fraction of sp³-hybridized carbons (Fsp3) is 0.267. The maximum Gasteiger partial charge on any atom is 0.319 e. The number of aliphatic hydroxyl groups is 1. The fourth-order valence-electron chi connectivity index (χ4n) is 1.82. The predicted octanol–water partition coefficient (Wildman–Crippen LogP) is 3.22. The minimum absolute atomic E-state index is 0.0829. The van der Waals surface area contributed by atoms with Gasteiger partial charge in [0.25, 0.3) is 0 Å². The molecule has 1 unspecified atom stereocenters. The molecule has 4 nitrogen and oxygen atoms in total. The smallest absolute Gasteiger partial charge is 0.319 e. The van der Waals surface area contributed by atoms with E-state index in [4.69, 9.17) is 0 Å². The van der Waals surface area contributed by atoms with Gasteiger partial charge in [-0.1, -0.05) is 6.07 Å². The Morgan fingerprint density at radius 3 is 2.81 bits per heavy atom. The highest BCUT2D eigenvalue weighted by Gasteiger charge is 2.24. The van der Waals surface area contributed by atoms with E-state index in [-0.39, 0.29) is 12.4 Å². The SMILES string of the molecule is Cc1cc(NC(=O)NCC(C)(O)c2cccs2)ccc1F. The van der Waals surface area contributed by atoms with Gasteiger partial charge in [-0.05, 0) is 49.1 Å². The van der Waals surface area contributed by atoms with Crippen molar-refractivity contribution in [3.63, 3.8) is 0 Å². The van der Waals surface area contributed by atoms with Gasteiger partial charge in [-0.2, -0.15) is 0 Å². The first-order valence-corrected chi connectivity index (χ1v) is 7.34. The number of thiophene rings is 1. The van der Waals surface area contributed by atoms with Gasteiger partial charge in [0.05, 0.1) is 6.54 Å². The zero-order valence-electron chi connectivity index (χ0n) is 11.8. The van der Waals surface area contributed by atoms with Crippen LogP contribution in [-0.4, -0.2) is 17.7 Å². The largest absolute Gasteiger partial charge is 0.383 e. The number of urea groups is 1. The van der Waals surface area contributed by atoms with Crippen LogP contribution in [0.4, 0.5) is 14.9 Å². The van der Waals surface area contributed by atoms with E-state index in [9.17, 15) is 14.3 Å². The zero-order valence-corrected chi connectivity index (χ0v) is 12.6. The molecule has 1 aromatic carbocycles. The second-order valence-corrected chi connectivity index (χ2v) is 5.97. The first kappa shape index (κ1) is 15.5. The third-order valence-corrected chi connectivity index (χ3v) is 4.18. The van der Waals surface area contributed by atoms with Crippen molar-refractivity contribution in [2.45, 2.75) is 19.4 Å². The van der Waals surface area contributed by atoms with E-state index in [1.807, 2.05) is 17.5 Å². The molecule has 2 aromatic rings. The molecule has 0 aliphatic rings. The second-order valence-electron chi connectivity index (χ2n) is 5.02. The van der Waals surface area contributed by atoms with Gasteiger partial charge in [0, 0.05) is 10.6 Å². The Kier molecular flexibility index (Phi) is 4.59. The highest BCUT2D eigenvalue weighted by atomic mass is 32.1. The summed E-state index contributed by atoms with van der Waals surface area (Å²) in [6.45, 7) is 3.35. The first-order chi connectivity index (χ1) is 9.88. The molecule has 1 aromatic heterocycles. The standard InChI is InChI=1S/C15H17FN2O2S/c1-10-8-11(5-6-12(10)16)18-14(19)17-9-15(2,20)13-4-3-7-21-13/h3-8,20H,9H2,1-2H3,(H2,17,18,19). The second kappa shape index (κ2) is 6.24. The molecule has 2 amide bonds. The molecule has 0 aliphatic heterocycles. The van der Waals surface area contributed by atoms with Crippen LogP contribution >= 0.6 is 11.3 Å². The lowest BCUT2D eigenvalue weighted by Crippen LogP contribution is -2.40. The molecule has 0 saturated heterocycles. The summed E-state index contributed by atoms with van der Waals surface area (Å²) >= 11 is 1.43. The number of carbonyl (C=O) groups is 1. The molecule has 0 spiro atoms. The van der Waals surface area contributed by atoms with E-state index in [1.54, 1.807) is 19.9 Å². The number of rotatable bonds is 4. The van der Waals surface area contributed by atoms with Crippen LogP contribution < -0.4 is 10.6 Å². The summed E-state index contributed by atoms with van der Waals surface area (Å²) in [6, 6.07) is 7.54. The van der Waals surface area contributed by atoms with Crippen LogP contribution in [0.5, 0.6) is 0 Å². The topological polar surface area (TPSA) is 61.4 Å². The summed E-state index contributed by atoms with van der Waals surface area (Å²) in [7, 11) is 0. The van der Waals surface area contributed by atoms with Crippen LogP contribution in [0.25, 0.3) is 0 Å². The lowest BCUT2D eigenvalue weighted by molar-refractivity contribution is 0.0637. The Morgan fingerprint density at radius 1 is 1.43 bits per heavy atom. The minimum Gasteiger partial charge on any atom is -0.383 e. The molecular formula is C15H17FN2O2S. The van der Waals surface area contributed by atoms with Crippen LogP contribution in [-0.2, 0) is 5.60 Å². The summed E-state index contributed by atoms with van der Waals surface area (Å²) in [5.74, 6) is -0.318. The van der Waals surface area contributed by atoms with Gasteiger partial charge in [-0.25, -0.2) is 9.18 Å². The van der Waals surface area contributed by atoms with Crippen LogP contribution in [0.15, 0.2) is 35.7 Å². The predicted molar refractivity (Wildman–Crippen MR) is 82.0 cm³/mol. The van der Waals surface area contributed by atoms with Crippen molar-refractivity contribution in [2.24, 2.45) is 0 Å². The van der Waals surface area contributed by atoms with Crippen LogP contribution in [0, 0.1) is 12.7 Å². The third-order valence-electron chi connectivity index (χ3n) is 3.06. The molecule has 0 fully saturated rings. The molecule has 0 saturated carbocycles. The number of hydrogen-bond donors (Lipinski definition) is 3. The van der Waals surface area contributed by atoms with Crippen molar-refractivity contribution in [1.29, 1.82) is 0 Å². The third kappa shape index (κ3) is 4.03. The molecule has 2 rings (SSSR count). The van der Waals surface area contributed by atoms with Gasteiger partial charge >= 0.3 is 6.03 Å². The number of nitrogens with one attached hydrogen (secondary N) is 2. The van der Waals surface area contributed by atoms with Crippen LogP contribution in [0.2, 0.25) is 0 Å². The van der Waals surface area contributed by atoms with E-state index in [0.29, 0.717) is 11.3 Å². The molecule has 0 aliphatic carbocycles. The van der Waals surface area contributed by atoms with Crippen molar-refractivity contribution >= 4 is 23.1 Å². The molecule has 6 heteroatoms. The highest BCUT2D eigenvalue weighted by molar-refractivity contribution is 7.10. The Bertz CT molecular complexity index is 627. The van der Waals surface area contributed by atoms with Gasteiger partial charge in [0.1, 0.15) is 11.4 Å². The van der Waals surface area contributed by atoms with Gasteiger partial charge in [0.2, 0.25) is 0 Å². The Labute approximate surface area is 126 Å². The van der Waals surface area contributed by atoms with Gasteiger partial charge < -0.3 is 15.7 Å². The highest BCUT2D eigenvalue weighted by Crippen LogP contribution is 2.24. The van der Waals surface area contributed by atoms with Crippen molar-refractivity contribution in [3.05, 3.63) is 52.0 Å². The summed E-state index contributed by atoms with van der Waals surface area (Å²) in [6.07, 6.45) is 0. The quantitative estimate of drug-likeness (QED) is 0.812. The van der Waals surface area contributed by atoms with E-state index in [2.05, 4.69) is 10.6 Å². The summed E-state index contributed by atoms with van der Waals surface area (Å²) < 4.78 is 13.1. The Hall–Kier alpha value is -1.92. The van der Waals surface area contributed by atoms with E-state index < -0.39 is 11.6 Å². The van der Waals surface area contributed by atoms with Crippen molar-refractivity contribution in [3.8, 4) is 0 Å². The Morgan fingerprint density at radius 2 is 2.19 bits per heavy atom. The number of anilines is 1. The molecular weight excluding hydrogens is 291 g/mol. The number of benzene rings is 1. The number of aryl methyl sites for hydroxylation is 1. The molecule has 1 atom stereocenters. The Balaban J connectivity index is 1.91. The molecule has 3 N–H and O–H groups in total. The number of halogens is 1. The zero-order chi connectivity index (χ0) is 15.5. The van der Waals surface area contributed by atoms with Crippen LogP contribution in [0.1, 0.15) is 17.4 Å². The first-order valence-electron chi connectivity index (χ1n) is 6.46. The van der Waals surface area contributed by atoms with Gasteiger partial charge in [0.15, 0.2) is 0 Å². The number of carbonyl (C=O) groups excluding carboxylic acids is 1. The summed E-state index contributed by atoms with van der Waals surface area (Å²) in [4.78, 5) is 12.6. The van der Waals surface area contributed by atoms with Gasteiger partial charge in [-0.15, -0.1) is 11.3 Å². The van der Waals surface area contributed by atoms with Crippen molar-refractivity contribution < 1.29 is 14.3 Å². The molecule has 0 radical (unpaired) electrons. The van der Waals surface area contributed by atoms with Crippen molar-refractivity contribution in [1.82, 2.24) is 5.32 Å². The lowest BCUT2D eigenvalue weighted by atomic mass is 10.1. The number of amides is 2. The van der Waals surface area contributed by atoms with E-state index in [1.165, 1.54) is 23.5 Å². The summed E-state index contributed by atoms with van der Waals surface area (Å²) in [5, 5.41) is 17.4. The maximum atomic E-state index is 13.1. The summed E-state index contributed by atoms with van der Waals surface area (Å²) in [5.41, 5.74) is -0.162. The average molecular weight is 308 g/mol. The molecule has 21 heavy (non-hydrogen) atoms. The molecule has 0 bridgehead atoms. The minimum atomic E-state index is -1.12. The fourth-order valence-corrected chi connectivity index (χ4v) is 2.61. The van der Waals surface area contributed by atoms with Gasteiger partial charge in [-0.3, -0.25) is 0 Å². The maximum absolute atomic E-state index is 13.1. The molecule has 112 valence electrons. The average Bonchev–Trinajstić information content (AvgIpc) is 2.96. The normalized spacial score (nSPS) is 13.5. The monoisotopic (exact) mass is 308 g/mol. The number of hydrogen-bond acceptors (Lipinski definition) is 3. The lowest BCUT2D eigenvalue weighted by Gasteiger charge is -2.22.